The zero-order valence-electron chi connectivity index (χ0n) is 28.9. The summed E-state index contributed by atoms with van der Waals surface area (Å²) in [6.45, 7) is 0. The van der Waals surface area contributed by atoms with Gasteiger partial charge in [0.25, 0.3) is 0 Å². The molecule has 53 heavy (non-hydrogen) atoms. The van der Waals surface area contributed by atoms with E-state index in [0.29, 0.717) is 0 Å². The van der Waals surface area contributed by atoms with Crippen LogP contribution in [0.25, 0.3) is 110 Å². The lowest BCUT2D eigenvalue weighted by molar-refractivity contribution is 0.669. The second-order valence-corrected chi connectivity index (χ2v) is 14.0. The van der Waals surface area contributed by atoms with Gasteiger partial charge in [-0.2, -0.15) is 0 Å². The van der Waals surface area contributed by atoms with Crippen LogP contribution in [-0.4, -0.2) is 0 Å². The normalized spacial score (nSPS) is 11.8. The van der Waals surface area contributed by atoms with Gasteiger partial charge >= 0.3 is 0 Å². The first-order valence-corrected chi connectivity index (χ1v) is 18.2. The van der Waals surface area contributed by atoms with E-state index in [1.165, 1.54) is 82.0 Å². The molecule has 11 rings (SSSR count). The molecule has 246 valence electrons. The Morgan fingerprint density at radius 1 is 0.245 bits per heavy atom. The van der Waals surface area contributed by atoms with Crippen LogP contribution in [0, 0.1) is 0 Å². The van der Waals surface area contributed by atoms with Crippen molar-refractivity contribution in [1.82, 2.24) is 0 Å². The van der Waals surface area contributed by atoms with E-state index in [2.05, 4.69) is 194 Å². The molecule has 10 aromatic carbocycles. The summed E-state index contributed by atoms with van der Waals surface area (Å²) in [4.78, 5) is 0. The van der Waals surface area contributed by atoms with Crippen molar-refractivity contribution in [2.75, 3.05) is 0 Å². The highest BCUT2D eigenvalue weighted by atomic mass is 16.3. The Kier molecular flexibility index (Phi) is 6.62. The molecule has 1 heterocycles. The van der Waals surface area contributed by atoms with E-state index in [9.17, 15) is 0 Å². The second kappa shape index (κ2) is 11.8. The molecule has 0 saturated heterocycles. The molecule has 0 bridgehead atoms. The fourth-order valence-electron chi connectivity index (χ4n) is 8.52. The van der Waals surface area contributed by atoms with Gasteiger partial charge in [0, 0.05) is 10.8 Å². The van der Waals surface area contributed by atoms with Crippen LogP contribution in [0.2, 0.25) is 0 Å². The Labute approximate surface area is 307 Å². The Bertz CT molecular complexity index is 3150. The van der Waals surface area contributed by atoms with Gasteiger partial charge in [-0.05, 0) is 124 Å². The summed E-state index contributed by atoms with van der Waals surface area (Å²) in [6, 6.07) is 70.5. The molecule has 1 nitrogen and oxygen atoms in total. The molecule has 1 heteroatoms. The maximum Gasteiger partial charge on any atom is 0.136 e. The van der Waals surface area contributed by atoms with Gasteiger partial charge in [0.2, 0.25) is 0 Å². The molecule has 0 aliphatic rings. The monoisotopic (exact) mass is 672 g/mol. The summed E-state index contributed by atoms with van der Waals surface area (Å²) in [6.07, 6.45) is 0. The number of benzene rings is 10. The van der Waals surface area contributed by atoms with Crippen molar-refractivity contribution in [3.05, 3.63) is 194 Å². The standard InChI is InChI=1S/C52H32O/c1-3-11-33(12-4-1)36-20-21-38-30-40(24-22-37(38)29-36)50-42-15-7-9-17-44(42)51(45-18-10-8-16-43(45)50)41-23-19-35-26-28-48-52(47(35)31-41)46-27-25-39(32-49(46)53-48)34-13-5-2-6-14-34/h1-32H. The highest BCUT2D eigenvalue weighted by molar-refractivity contribution is 6.24. The molecule has 0 saturated carbocycles. The molecular weight excluding hydrogens is 641 g/mol. The van der Waals surface area contributed by atoms with Crippen LogP contribution >= 0.6 is 0 Å². The quantitative estimate of drug-likeness (QED) is 0.170. The lowest BCUT2D eigenvalue weighted by atomic mass is 9.85. The largest absolute Gasteiger partial charge is 0.456 e. The van der Waals surface area contributed by atoms with Crippen LogP contribution in [0.3, 0.4) is 0 Å². The van der Waals surface area contributed by atoms with Crippen molar-refractivity contribution in [2.24, 2.45) is 0 Å². The van der Waals surface area contributed by atoms with Gasteiger partial charge in [-0.15, -0.1) is 0 Å². The van der Waals surface area contributed by atoms with E-state index >= 15 is 0 Å². The lowest BCUT2D eigenvalue weighted by Crippen LogP contribution is -1.91. The third kappa shape index (κ3) is 4.79. The average molecular weight is 673 g/mol. The maximum atomic E-state index is 6.53. The van der Waals surface area contributed by atoms with E-state index in [-0.39, 0.29) is 0 Å². The van der Waals surface area contributed by atoms with Crippen LogP contribution in [-0.2, 0) is 0 Å². The molecule has 0 aliphatic carbocycles. The lowest BCUT2D eigenvalue weighted by Gasteiger charge is -2.18. The minimum atomic E-state index is 0.909. The van der Waals surface area contributed by atoms with E-state index in [0.717, 1.165) is 27.5 Å². The molecule has 0 fully saturated rings. The molecule has 0 N–H and O–H groups in total. The van der Waals surface area contributed by atoms with Crippen LogP contribution in [0.15, 0.2) is 199 Å². The van der Waals surface area contributed by atoms with E-state index in [1.807, 2.05) is 0 Å². The molecule has 0 atom stereocenters. The van der Waals surface area contributed by atoms with Crippen LogP contribution < -0.4 is 0 Å². The molecule has 0 amide bonds. The number of hydrogen-bond acceptors (Lipinski definition) is 1. The molecule has 0 aliphatic heterocycles. The van der Waals surface area contributed by atoms with Crippen LogP contribution in [0.1, 0.15) is 0 Å². The van der Waals surface area contributed by atoms with Gasteiger partial charge in [-0.3, -0.25) is 0 Å². The van der Waals surface area contributed by atoms with Gasteiger partial charge in [-0.1, -0.05) is 158 Å². The molecule has 0 unspecified atom stereocenters. The average Bonchev–Trinajstić information content (AvgIpc) is 3.61. The van der Waals surface area contributed by atoms with E-state index < -0.39 is 0 Å². The maximum absolute atomic E-state index is 6.53. The van der Waals surface area contributed by atoms with Crippen LogP contribution in [0.5, 0.6) is 0 Å². The Balaban J connectivity index is 1.11. The first-order valence-electron chi connectivity index (χ1n) is 18.2. The first-order chi connectivity index (χ1) is 26.3. The molecule has 0 radical (unpaired) electrons. The van der Waals surface area contributed by atoms with Gasteiger partial charge in [0.15, 0.2) is 0 Å². The Morgan fingerprint density at radius 2 is 0.698 bits per heavy atom. The van der Waals surface area contributed by atoms with Gasteiger partial charge < -0.3 is 4.42 Å². The number of hydrogen-bond donors (Lipinski definition) is 0. The third-order valence-corrected chi connectivity index (χ3v) is 11.0. The Morgan fingerprint density at radius 3 is 1.30 bits per heavy atom. The molecule has 1 aromatic heterocycles. The molecule has 11 aromatic rings. The van der Waals surface area contributed by atoms with Crippen molar-refractivity contribution in [1.29, 1.82) is 0 Å². The summed E-state index contributed by atoms with van der Waals surface area (Å²) in [5, 5.41) is 12.2. The SMILES string of the molecule is c1ccc(-c2ccc3cc(-c4c5ccccc5c(-c5ccc6ccc7oc8cc(-c9ccccc9)ccc8c7c6c5)c5ccccc45)ccc3c2)cc1. The molecular formula is C52H32O. The fourth-order valence-corrected chi connectivity index (χ4v) is 8.52. The highest BCUT2D eigenvalue weighted by Gasteiger charge is 2.19. The predicted octanol–water partition coefficient (Wildman–Crippen LogP) is 14.9. The minimum Gasteiger partial charge on any atom is -0.456 e. The van der Waals surface area contributed by atoms with E-state index in [4.69, 9.17) is 4.42 Å². The van der Waals surface area contributed by atoms with Crippen molar-refractivity contribution >= 4 is 65.0 Å². The fraction of sp³-hybridized carbons (Fsp3) is 0. The number of rotatable bonds is 4. The van der Waals surface area contributed by atoms with Gasteiger partial charge in [0.1, 0.15) is 11.2 Å². The number of furan rings is 1. The number of fused-ring (bicyclic) bond motifs is 8. The zero-order chi connectivity index (χ0) is 34.9. The van der Waals surface area contributed by atoms with E-state index in [1.54, 1.807) is 0 Å². The van der Waals surface area contributed by atoms with Crippen molar-refractivity contribution in [2.45, 2.75) is 0 Å². The summed E-state index contributed by atoms with van der Waals surface area (Å²) in [7, 11) is 0. The predicted molar refractivity (Wildman–Crippen MR) is 225 cm³/mol. The summed E-state index contributed by atoms with van der Waals surface area (Å²) in [5.41, 5.74) is 11.6. The van der Waals surface area contributed by atoms with Gasteiger partial charge in [-0.25, -0.2) is 0 Å². The topological polar surface area (TPSA) is 13.1 Å². The molecule has 0 spiro atoms. The van der Waals surface area contributed by atoms with Crippen molar-refractivity contribution < 1.29 is 4.42 Å². The first kappa shape index (κ1) is 29.7. The Hall–Kier alpha value is -6.96. The third-order valence-electron chi connectivity index (χ3n) is 11.0. The summed E-state index contributed by atoms with van der Waals surface area (Å²) in [5.74, 6) is 0. The smallest absolute Gasteiger partial charge is 0.136 e. The summed E-state index contributed by atoms with van der Waals surface area (Å²) < 4.78 is 6.53. The van der Waals surface area contributed by atoms with Crippen molar-refractivity contribution in [3.8, 4) is 44.5 Å². The second-order valence-electron chi connectivity index (χ2n) is 14.0. The van der Waals surface area contributed by atoms with Crippen LogP contribution in [0.4, 0.5) is 0 Å². The summed E-state index contributed by atoms with van der Waals surface area (Å²) >= 11 is 0. The minimum absolute atomic E-state index is 0.909. The zero-order valence-corrected chi connectivity index (χ0v) is 28.9. The van der Waals surface area contributed by atoms with Crippen molar-refractivity contribution in [3.63, 3.8) is 0 Å². The highest BCUT2D eigenvalue weighted by Crippen LogP contribution is 2.46. The van der Waals surface area contributed by atoms with Gasteiger partial charge in [0.05, 0.1) is 0 Å².